The Hall–Kier alpha value is -2.57. The summed E-state index contributed by atoms with van der Waals surface area (Å²) in [5.74, 6) is 5.31. The lowest BCUT2D eigenvalue weighted by Crippen LogP contribution is -2.51. The number of carbonyl (C=O) groups excluding carboxylic acids is 1. The van der Waals surface area contributed by atoms with Crippen LogP contribution in [0.25, 0.3) is 0 Å². The first kappa shape index (κ1) is 16.8. The molecule has 0 aromatic heterocycles. The van der Waals surface area contributed by atoms with Crippen LogP contribution in [0, 0.1) is 17.8 Å². The van der Waals surface area contributed by atoms with Crippen molar-refractivity contribution in [1.82, 2.24) is 0 Å². The van der Waals surface area contributed by atoms with Gasteiger partial charge in [0.15, 0.2) is 0 Å². The van der Waals surface area contributed by atoms with E-state index in [0.29, 0.717) is 0 Å². The molecule has 118 valence electrons. The van der Waals surface area contributed by atoms with Gasteiger partial charge in [0.2, 0.25) is 0 Å². The van der Waals surface area contributed by atoms with Gasteiger partial charge in [-0.25, -0.2) is 0 Å². The number of carbonyl (C=O) groups is 1. The summed E-state index contributed by atoms with van der Waals surface area (Å²) in [7, 11) is 0. The average molecular weight is 307 g/mol. The summed E-state index contributed by atoms with van der Waals surface area (Å²) in [5, 5.41) is 0. The Kier molecular flexibility index (Phi) is 5.56. The molecule has 2 aromatic rings. The maximum absolute atomic E-state index is 12.3. The summed E-state index contributed by atoms with van der Waals surface area (Å²) in [6, 6.07) is 19.1. The SMILES string of the molecule is C[C@H](C#Cc1ccccc1)[C@@](C)(N)C(=O)OCc1ccccc1. The highest BCUT2D eigenvalue weighted by molar-refractivity contribution is 5.81. The molecule has 3 heteroatoms. The minimum Gasteiger partial charge on any atom is -0.459 e. The van der Waals surface area contributed by atoms with E-state index in [1.54, 1.807) is 6.92 Å². The Balaban J connectivity index is 1.99. The molecule has 0 radical (unpaired) electrons. The van der Waals surface area contributed by atoms with Crippen molar-refractivity contribution in [1.29, 1.82) is 0 Å². The van der Waals surface area contributed by atoms with E-state index in [1.807, 2.05) is 67.6 Å². The smallest absolute Gasteiger partial charge is 0.327 e. The number of rotatable bonds is 4. The van der Waals surface area contributed by atoms with Crippen LogP contribution in [-0.2, 0) is 16.1 Å². The van der Waals surface area contributed by atoms with Crippen molar-refractivity contribution < 1.29 is 9.53 Å². The molecule has 0 saturated heterocycles. The zero-order valence-corrected chi connectivity index (χ0v) is 13.5. The molecule has 2 rings (SSSR count). The first-order chi connectivity index (χ1) is 11.0. The molecule has 2 atom stereocenters. The maximum Gasteiger partial charge on any atom is 0.327 e. The Bertz CT molecular complexity index is 697. The predicted octanol–water partition coefficient (Wildman–Crippen LogP) is 3.14. The quantitative estimate of drug-likeness (QED) is 0.697. The van der Waals surface area contributed by atoms with Crippen LogP contribution in [0.4, 0.5) is 0 Å². The van der Waals surface area contributed by atoms with E-state index in [0.717, 1.165) is 11.1 Å². The van der Waals surface area contributed by atoms with E-state index < -0.39 is 11.5 Å². The van der Waals surface area contributed by atoms with Crippen molar-refractivity contribution in [3.8, 4) is 11.8 Å². The third-order valence-electron chi connectivity index (χ3n) is 3.76. The van der Waals surface area contributed by atoms with Crippen LogP contribution >= 0.6 is 0 Å². The molecule has 3 nitrogen and oxygen atoms in total. The summed E-state index contributed by atoms with van der Waals surface area (Å²) < 4.78 is 5.33. The second-order valence-corrected chi connectivity index (χ2v) is 5.70. The number of benzene rings is 2. The van der Waals surface area contributed by atoms with Crippen LogP contribution in [0.2, 0.25) is 0 Å². The zero-order chi connectivity index (χ0) is 16.7. The minimum absolute atomic E-state index is 0.214. The maximum atomic E-state index is 12.3. The summed E-state index contributed by atoms with van der Waals surface area (Å²) >= 11 is 0. The van der Waals surface area contributed by atoms with Crippen molar-refractivity contribution in [2.24, 2.45) is 11.7 Å². The predicted molar refractivity (Wildman–Crippen MR) is 91.3 cm³/mol. The molecule has 0 aliphatic rings. The molecule has 0 saturated carbocycles. The van der Waals surface area contributed by atoms with E-state index in [-0.39, 0.29) is 12.5 Å². The molecule has 0 fully saturated rings. The molecular formula is C20H21NO2. The molecular weight excluding hydrogens is 286 g/mol. The van der Waals surface area contributed by atoms with Gasteiger partial charge in [-0.15, -0.1) is 0 Å². The lowest BCUT2D eigenvalue weighted by atomic mass is 9.88. The highest BCUT2D eigenvalue weighted by Gasteiger charge is 2.35. The number of hydrogen-bond donors (Lipinski definition) is 1. The zero-order valence-electron chi connectivity index (χ0n) is 13.5. The van der Waals surface area contributed by atoms with E-state index in [4.69, 9.17) is 10.5 Å². The molecule has 0 bridgehead atoms. The molecule has 0 heterocycles. The molecule has 0 unspecified atom stereocenters. The lowest BCUT2D eigenvalue weighted by molar-refractivity contribution is -0.152. The van der Waals surface area contributed by atoms with Gasteiger partial charge >= 0.3 is 5.97 Å². The minimum atomic E-state index is -1.16. The third-order valence-corrected chi connectivity index (χ3v) is 3.76. The molecule has 0 amide bonds. The van der Waals surface area contributed by atoms with Crippen molar-refractivity contribution in [2.45, 2.75) is 26.0 Å². The lowest BCUT2D eigenvalue weighted by Gasteiger charge is -2.25. The molecule has 0 aliphatic heterocycles. The number of esters is 1. The van der Waals surface area contributed by atoms with Gasteiger partial charge in [-0.1, -0.05) is 60.4 Å². The molecule has 2 N–H and O–H groups in total. The average Bonchev–Trinajstić information content (AvgIpc) is 2.59. The van der Waals surface area contributed by atoms with Crippen LogP contribution in [0.5, 0.6) is 0 Å². The van der Waals surface area contributed by atoms with Gasteiger partial charge in [0.05, 0.1) is 0 Å². The van der Waals surface area contributed by atoms with Crippen LogP contribution in [0.15, 0.2) is 60.7 Å². The van der Waals surface area contributed by atoms with Crippen molar-refractivity contribution in [3.05, 3.63) is 71.8 Å². The Morgan fingerprint density at radius 1 is 1.13 bits per heavy atom. The van der Waals surface area contributed by atoms with E-state index >= 15 is 0 Å². The van der Waals surface area contributed by atoms with Gasteiger partial charge in [0.1, 0.15) is 12.1 Å². The topological polar surface area (TPSA) is 52.3 Å². The monoisotopic (exact) mass is 307 g/mol. The Morgan fingerprint density at radius 2 is 1.70 bits per heavy atom. The van der Waals surface area contributed by atoms with Crippen molar-refractivity contribution in [3.63, 3.8) is 0 Å². The van der Waals surface area contributed by atoms with Crippen molar-refractivity contribution in [2.75, 3.05) is 0 Å². The van der Waals surface area contributed by atoms with Gasteiger partial charge in [0.25, 0.3) is 0 Å². The number of ether oxygens (including phenoxy) is 1. The second kappa shape index (κ2) is 7.62. The van der Waals surface area contributed by atoms with E-state index in [9.17, 15) is 4.79 Å². The van der Waals surface area contributed by atoms with Crippen LogP contribution in [-0.4, -0.2) is 11.5 Å². The highest BCUT2D eigenvalue weighted by Crippen LogP contribution is 2.16. The summed E-state index contributed by atoms with van der Waals surface area (Å²) in [4.78, 5) is 12.3. The van der Waals surface area contributed by atoms with Gasteiger partial charge in [-0.3, -0.25) is 4.79 Å². The van der Waals surface area contributed by atoms with Crippen molar-refractivity contribution >= 4 is 5.97 Å². The fourth-order valence-corrected chi connectivity index (χ4v) is 1.92. The molecule has 0 spiro atoms. The van der Waals surface area contributed by atoms with Gasteiger partial charge < -0.3 is 10.5 Å². The summed E-state index contributed by atoms with van der Waals surface area (Å²) in [6.45, 7) is 3.70. The number of hydrogen-bond acceptors (Lipinski definition) is 3. The van der Waals surface area contributed by atoms with Gasteiger partial charge in [-0.2, -0.15) is 0 Å². The highest BCUT2D eigenvalue weighted by atomic mass is 16.5. The van der Waals surface area contributed by atoms with E-state index in [1.165, 1.54) is 0 Å². The summed E-state index contributed by atoms with van der Waals surface area (Å²) in [6.07, 6.45) is 0. The van der Waals surface area contributed by atoms with Gasteiger partial charge in [0, 0.05) is 11.5 Å². The fourth-order valence-electron chi connectivity index (χ4n) is 1.92. The first-order valence-electron chi connectivity index (χ1n) is 7.57. The largest absolute Gasteiger partial charge is 0.459 e. The Labute approximate surface area is 137 Å². The molecule has 2 aromatic carbocycles. The first-order valence-corrected chi connectivity index (χ1v) is 7.57. The standard InChI is InChI=1S/C20H21NO2/c1-16(13-14-17-9-5-3-6-10-17)20(2,21)19(22)23-15-18-11-7-4-8-12-18/h3-12,16H,15,21H2,1-2H3/t16-,20-/m1/s1. The number of nitrogens with two attached hydrogens (primary N) is 1. The summed E-state index contributed by atoms with van der Waals surface area (Å²) in [5.41, 5.74) is 6.83. The molecule has 0 aliphatic carbocycles. The third kappa shape index (κ3) is 4.70. The fraction of sp³-hybridized carbons (Fsp3) is 0.250. The molecule has 23 heavy (non-hydrogen) atoms. The van der Waals surface area contributed by atoms with Crippen LogP contribution in [0.1, 0.15) is 25.0 Å². The second-order valence-electron chi connectivity index (χ2n) is 5.70. The van der Waals surface area contributed by atoms with Crippen LogP contribution in [0.3, 0.4) is 0 Å². The van der Waals surface area contributed by atoms with E-state index in [2.05, 4.69) is 11.8 Å². The Morgan fingerprint density at radius 3 is 2.30 bits per heavy atom. The normalized spacial score (nSPS) is 14.0. The van der Waals surface area contributed by atoms with Gasteiger partial charge in [-0.05, 0) is 31.5 Å². The van der Waals surface area contributed by atoms with Crippen LogP contribution < -0.4 is 5.73 Å².